The van der Waals surface area contributed by atoms with Gasteiger partial charge in [-0.1, -0.05) is 37.3 Å². The van der Waals surface area contributed by atoms with Crippen LogP contribution in [0.2, 0.25) is 0 Å². The molecule has 0 aromatic heterocycles. The van der Waals surface area contributed by atoms with E-state index in [1.54, 1.807) is 24.3 Å². The molecule has 18 heavy (non-hydrogen) atoms. The molecule has 0 aliphatic heterocycles. The van der Waals surface area contributed by atoms with Gasteiger partial charge < -0.3 is 10.4 Å². The molecular weight excluding hydrogens is 222 g/mol. The Balaban J connectivity index is 0.000000199. The molecular formula is C16H21NO. The second kappa shape index (κ2) is 8.18. The zero-order valence-electron chi connectivity index (χ0n) is 11.1. The highest BCUT2D eigenvalue weighted by molar-refractivity contribution is 5.45. The smallest absolute Gasteiger partial charge is 0.115 e. The first-order valence-electron chi connectivity index (χ1n) is 6.27. The summed E-state index contributed by atoms with van der Waals surface area (Å²) < 4.78 is 0. The topological polar surface area (TPSA) is 32.3 Å². The number of aryl methyl sites for hydroxylation is 1. The summed E-state index contributed by atoms with van der Waals surface area (Å²) in [5.41, 5.74) is 2.54. The molecule has 2 heteroatoms. The van der Waals surface area contributed by atoms with Crippen molar-refractivity contribution < 1.29 is 5.11 Å². The van der Waals surface area contributed by atoms with Crippen LogP contribution in [0, 0.1) is 6.92 Å². The maximum absolute atomic E-state index is 8.63. The van der Waals surface area contributed by atoms with Crippen molar-refractivity contribution in [2.45, 2.75) is 20.3 Å². The Bertz CT molecular complexity index is 440. The minimum Gasteiger partial charge on any atom is -0.508 e. The Morgan fingerprint density at radius 2 is 1.72 bits per heavy atom. The van der Waals surface area contributed by atoms with Crippen LogP contribution in [0.5, 0.6) is 5.75 Å². The average molecular weight is 243 g/mol. The summed E-state index contributed by atoms with van der Waals surface area (Å²) in [7, 11) is 0. The molecule has 0 saturated heterocycles. The van der Waals surface area contributed by atoms with Gasteiger partial charge >= 0.3 is 0 Å². The van der Waals surface area contributed by atoms with Gasteiger partial charge in [0.15, 0.2) is 0 Å². The summed E-state index contributed by atoms with van der Waals surface area (Å²) >= 11 is 0. The molecule has 0 fully saturated rings. The minimum absolute atomic E-state index is 0.322. The van der Waals surface area contributed by atoms with Gasteiger partial charge in [0.25, 0.3) is 0 Å². The highest BCUT2D eigenvalue weighted by Crippen LogP contribution is 2.08. The van der Waals surface area contributed by atoms with Crippen molar-refractivity contribution in [1.82, 2.24) is 0 Å². The summed E-state index contributed by atoms with van der Waals surface area (Å²) in [6.07, 6.45) is 1.17. The van der Waals surface area contributed by atoms with E-state index in [0.717, 1.165) is 6.54 Å². The molecule has 0 bridgehead atoms. The molecule has 0 aliphatic rings. The van der Waals surface area contributed by atoms with Crippen molar-refractivity contribution in [2.24, 2.45) is 0 Å². The first-order chi connectivity index (χ1) is 8.72. The van der Waals surface area contributed by atoms with Gasteiger partial charge in [-0.2, -0.15) is 0 Å². The Labute approximate surface area is 109 Å². The van der Waals surface area contributed by atoms with Crippen LogP contribution < -0.4 is 5.32 Å². The number of phenols is 1. The van der Waals surface area contributed by atoms with Crippen LogP contribution in [-0.2, 0) is 0 Å². The molecule has 0 spiro atoms. The lowest BCUT2D eigenvalue weighted by atomic mass is 10.2. The van der Waals surface area contributed by atoms with Gasteiger partial charge in [0.05, 0.1) is 0 Å². The van der Waals surface area contributed by atoms with Crippen molar-refractivity contribution in [3.63, 3.8) is 0 Å². The van der Waals surface area contributed by atoms with Gasteiger partial charge in [0.1, 0.15) is 5.75 Å². The van der Waals surface area contributed by atoms with Crippen LogP contribution in [0.3, 0.4) is 0 Å². The van der Waals surface area contributed by atoms with Crippen LogP contribution >= 0.6 is 0 Å². The van der Waals surface area contributed by atoms with Crippen molar-refractivity contribution in [3.05, 3.63) is 60.2 Å². The Hall–Kier alpha value is -1.96. The molecule has 0 aliphatic carbocycles. The van der Waals surface area contributed by atoms with E-state index in [1.165, 1.54) is 17.7 Å². The van der Waals surface area contributed by atoms with Gasteiger partial charge in [0, 0.05) is 12.2 Å². The van der Waals surface area contributed by atoms with Gasteiger partial charge in [0.2, 0.25) is 0 Å². The van der Waals surface area contributed by atoms with E-state index in [2.05, 4.69) is 43.4 Å². The molecule has 2 aromatic carbocycles. The van der Waals surface area contributed by atoms with E-state index in [1.807, 2.05) is 6.07 Å². The van der Waals surface area contributed by atoms with E-state index in [0.29, 0.717) is 5.75 Å². The van der Waals surface area contributed by atoms with Crippen molar-refractivity contribution in [3.8, 4) is 5.75 Å². The molecule has 2 aromatic rings. The van der Waals surface area contributed by atoms with Crippen molar-refractivity contribution in [1.29, 1.82) is 0 Å². The SMILES string of the molecule is CCCNc1cccc(C)c1.Oc1ccccc1. The Morgan fingerprint density at radius 3 is 2.22 bits per heavy atom. The maximum atomic E-state index is 8.63. The number of phenolic OH excluding ortho intramolecular Hbond substituents is 1. The molecule has 96 valence electrons. The van der Waals surface area contributed by atoms with Gasteiger partial charge in [-0.3, -0.25) is 0 Å². The average Bonchev–Trinajstić information content (AvgIpc) is 2.38. The van der Waals surface area contributed by atoms with Crippen LogP contribution in [0.25, 0.3) is 0 Å². The van der Waals surface area contributed by atoms with Gasteiger partial charge in [-0.15, -0.1) is 0 Å². The number of anilines is 1. The van der Waals surface area contributed by atoms with Crippen LogP contribution in [-0.4, -0.2) is 11.7 Å². The lowest BCUT2D eigenvalue weighted by Crippen LogP contribution is -1.98. The van der Waals surface area contributed by atoms with Crippen LogP contribution in [0.4, 0.5) is 5.69 Å². The normalized spacial score (nSPS) is 9.22. The predicted molar refractivity (Wildman–Crippen MR) is 78.1 cm³/mol. The van der Waals surface area contributed by atoms with Gasteiger partial charge in [-0.25, -0.2) is 0 Å². The number of nitrogens with one attached hydrogen (secondary N) is 1. The summed E-state index contributed by atoms with van der Waals surface area (Å²) in [5.74, 6) is 0.322. The zero-order valence-corrected chi connectivity index (χ0v) is 11.1. The highest BCUT2D eigenvalue weighted by atomic mass is 16.3. The van der Waals surface area contributed by atoms with Crippen LogP contribution in [0.15, 0.2) is 54.6 Å². The largest absolute Gasteiger partial charge is 0.508 e. The molecule has 2 rings (SSSR count). The third kappa shape index (κ3) is 5.94. The van der Waals surface area contributed by atoms with E-state index < -0.39 is 0 Å². The monoisotopic (exact) mass is 243 g/mol. The fourth-order valence-electron chi connectivity index (χ4n) is 1.45. The second-order valence-corrected chi connectivity index (χ2v) is 4.13. The van der Waals surface area contributed by atoms with Gasteiger partial charge in [-0.05, 0) is 43.2 Å². The fourth-order valence-corrected chi connectivity index (χ4v) is 1.45. The molecule has 0 heterocycles. The number of aromatic hydroxyl groups is 1. The number of hydrogen-bond donors (Lipinski definition) is 2. The minimum atomic E-state index is 0.322. The third-order valence-corrected chi connectivity index (χ3v) is 2.35. The zero-order chi connectivity index (χ0) is 13.2. The first-order valence-corrected chi connectivity index (χ1v) is 6.27. The van der Waals surface area contributed by atoms with E-state index in [-0.39, 0.29) is 0 Å². The summed E-state index contributed by atoms with van der Waals surface area (Å²) in [6.45, 7) is 5.34. The highest BCUT2D eigenvalue weighted by Gasteiger charge is 1.88. The number of rotatable bonds is 3. The summed E-state index contributed by atoms with van der Waals surface area (Å²) in [6, 6.07) is 17.2. The number of benzene rings is 2. The van der Waals surface area contributed by atoms with E-state index >= 15 is 0 Å². The lowest BCUT2D eigenvalue weighted by molar-refractivity contribution is 0.475. The molecule has 0 unspecified atom stereocenters. The van der Waals surface area contributed by atoms with Crippen LogP contribution in [0.1, 0.15) is 18.9 Å². The van der Waals surface area contributed by atoms with Crippen molar-refractivity contribution in [2.75, 3.05) is 11.9 Å². The maximum Gasteiger partial charge on any atom is 0.115 e. The Kier molecular flexibility index (Phi) is 6.41. The van der Waals surface area contributed by atoms with E-state index in [4.69, 9.17) is 5.11 Å². The molecule has 2 N–H and O–H groups in total. The molecule has 0 amide bonds. The second-order valence-electron chi connectivity index (χ2n) is 4.13. The molecule has 0 radical (unpaired) electrons. The van der Waals surface area contributed by atoms with E-state index in [9.17, 15) is 0 Å². The molecule has 0 saturated carbocycles. The van der Waals surface area contributed by atoms with Crippen molar-refractivity contribution >= 4 is 5.69 Å². The summed E-state index contributed by atoms with van der Waals surface area (Å²) in [5, 5.41) is 12.0. The quantitative estimate of drug-likeness (QED) is 0.846. The fraction of sp³-hybridized carbons (Fsp3) is 0.250. The number of para-hydroxylation sites is 1. The number of hydrogen-bond acceptors (Lipinski definition) is 2. The summed E-state index contributed by atoms with van der Waals surface area (Å²) in [4.78, 5) is 0. The molecule has 0 atom stereocenters. The molecule has 2 nitrogen and oxygen atoms in total. The standard InChI is InChI=1S/C10H15N.C6H6O/c1-3-7-11-10-6-4-5-9(2)8-10;7-6-4-2-1-3-5-6/h4-6,8,11H,3,7H2,1-2H3;1-5,7H. The first kappa shape index (κ1) is 14.1. The predicted octanol–water partition coefficient (Wildman–Crippen LogP) is 4.21. The third-order valence-electron chi connectivity index (χ3n) is 2.35. The lowest BCUT2D eigenvalue weighted by Gasteiger charge is -2.04. The Morgan fingerprint density at radius 1 is 1.00 bits per heavy atom.